The molecule has 2 heteroatoms. The molecule has 2 saturated carbocycles. The summed E-state index contributed by atoms with van der Waals surface area (Å²) in [6.45, 7) is 2.29. The van der Waals surface area contributed by atoms with Crippen molar-refractivity contribution in [2.75, 3.05) is 0 Å². The molecule has 0 saturated heterocycles. The van der Waals surface area contributed by atoms with Crippen LogP contribution in [-0.2, 0) is 0 Å². The van der Waals surface area contributed by atoms with Crippen LogP contribution in [0.5, 0.6) is 11.5 Å². The summed E-state index contributed by atoms with van der Waals surface area (Å²) >= 11 is 0. The number of phenols is 1. The molecule has 0 amide bonds. The Morgan fingerprint density at radius 1 is 1.15 bits per heavy atom. The first-order chi connectivity index (χ1) is 9.65. The van der Waals surface area contributed by atoms with E-state index in [0.29, 0.717) is 23.5 Å². The maximum atomic E-state index is 10.5. The van der Waals surface area contributed by atoms with Crippen molar-refractivity contribution in [3.05, 3.63) is 22.8 Å². The largest absolute Gasteiger partial charge is 0.508 e. The van der Waals surface area contributed by atoms with E-state index in [1.54, 1.807) is 0 Å². The smallest absolute Gasteiger partial charge is 0.127 e. The second kappa shape index (κ2) is 3.52. The van der Waals surface area contributed by atoms with Gasteiger partial charge in [0.25, 0.3) is 0 Å². The van der Waals surface area contributed by atoms with Crippen LogP contribution in [0.15, 0.2) is 6.07 Å². The number of hydrogen-bond donors (Lipinski definition) is 1. The number of aromatic hydroxyl groups is 1. The predicted molar refractivity (Wildman–Crippen MR) is 77.7 cm³/mol. The van der Waals surface area contributed by atoms with Gasteiger partial charge in [-0.25, -0.2) is 0 Å². The minimum absolute atomic E-state index is 0.0441. The molecule has 2 fully saturated rings. The number of fused-ring (bicyclic) bond motifs is 10. The molecule has 4 unspecified atom stereocenters. The van der Waals surface area contributed by atoms with Crippen molar-refractivity contribution in [2.24, 2.45) is 0 Å². The van der Waals surface area contributed by atoms with Gasteiger partial charge in [-0.3, -0.25) is 0 Å². The predicted octanol–water partition coefficient (Wildman–Crippen LogP) is 4.57. The van der Waals surface area contributed by atoms with E-state index in [2.05, 4.69) is 6.92 Å². The Balaban J connectivity index is 1.76. The van der Waals surface area contributed by atoms with Gasteiger partial charge in [0.1, 0.15) is 17.1 Å². The van der Waals surface area contributed by atoms with Crippen molar-refractivity contribution in [3.8, 4) is 11.5 Å². The van der Waals surface area contributed by atoms with Crippen LogP contribution in [0.4, 0.5) is 0 Å². The van der Waals surface area contributed by atoms with E-state index in [-0.39, 0.29) is 5.60 Å². The van der Waals surface area contributed by atoms with Gasteiger partial charge in [-0.15, -0.1) is 0 Å². The Morgan fingerprint density at radius 2 is 1.95 bits per heavy atom. The van der Waals surface area contributed by atoms with Crippen molar-refractivity contribution >= 4 is 0 Å². The van der Waals surface area contributed by atoms with Gasteiger partial charge in [-0.2, -0.15) is 0 Å². The molecule has 3 aliphatic carbocycles. The second-order valence-electron chi connectivity index (χ2n) is 7.69. The van der Waals surface area contributed by atoms with Crippen LogP contribution in [0.2, 0.25) is 0 Å². The van der Waals surface area contributed by atoms with Crippen LogP contribution in [-0.4, -0.2) is 10.7 Å². The molecule has 4 aliphatic rings. The third-order valence-electron chi connectivity index (χ3n) is 6.34. The fraction of sp³-hybridized carbons (Fsp3) is 0.667. The standard InChI is InChI=1S/C18H22O2/c1-18-6-2-3-12(9-18)13-8-14(19)15-10-4-5-11(7-10)16(15)17(13)20-18/h8,10-12,19H,2-7,9H2,1H3. The van der Waals surface area contributed by atoms with Gasteiger partial charge >= 0.3 is 0 Å². The summed E-state index contributed by atoms with van der Waals surface area (Å²) in [5.74, 6) is 3.59. The molecule has 1 N–H and O–H groups in total. The Hall–Kier alpha value is -1.18. The zero-order valence-corrected chi connectivity index (χ0v) is 12.1. The number of benzene rings is 1. The van der Waals surface area contributed by atoms with Gasteiger partial charge in [0.15, 0.2) is 0 Å². The fourth-order valence-electron chi connectivity index (χ4n) is 5.52. The molecule has 0 spiro atoms. The van der Waals surface area contributed by atoms with E-state index in [0.717, 1.165) is 6.42 Å². The Bertz CT molecular complexity index is 606. The van der Waals surface area contributed by atoms with Crippen LogP contribution >= 0.6 is 0 Å². The summed E-state index contributed by atoms with van der Waals surface area (Å²) in [5.41, 5.74) is 3.99. The minimum atomic E-state index is 0.0441. The van der Waals surface area contributed by atoms with Crippen LogP contribution in [0.1, 0.15) is 86.3 Å². The maximum Gasteiger partial charge on any atom is 0.127 e. The highest BCUT2D eigenvalue weighted by atomic mass is 16.5. The average molecular weight is 270 g/mol. The highest BCUT2D eigenvalue weighted by Gasteiger charge is 2.47. The van der Waals surface area contributed by atoms with Crippen molar-refractivity contribution in [1.29, 1.82) is 0 Å². The van der Waals surface area contributed by atoms with Gasteiger partial charge < -0.3 is 9.84 Å². The number of rotatable bonds is 0. The van der Waals surface area contributed by atoms with E-state index < -0.39 is 0 Å². The van der Waals surface area contributed by atoms with Gasteiger partial charge in [0.05, 0.1) is 0 Å². The molecule has 0 aromatic heterocycles. The molecule has 1 aromatic rings. The normalized spacial score (nSPS) is 40.1. The van der Waals surface area contributed by atoms with Crippen LogP contribution < -0.4 is 4.74 Å². The van der Waals surface area contributed by atoms with E-state index in [4.69, 9.17) is 4.74 Å². The average Bonchev–Trinajstić information content (AvgIpc) is 3.01. The zero-order valence-electron chi connectivity index (χ0n) is 12.1. The monoisotopic (exact) mass is 270 g/mol. The lowest BCUT2D eigenvalue weighted by molar-refractivity contribution is 0.0197. The first-order valence-corrected chi connectivity index (χ1v) is 8.23. The molecule has 5 rings (SSSR count). The summed E-state index contributed by atoms with van der Waals surface area (Å²) < 4.78 is 6.53. The van der Waals surface area contributed by atoms with Gasteiger partial charge in [0, 0.05) is 16.7 Å². The lowest BCUT2D eigenvalue weighted by Gasteiger charge is -2.45. The van der Waals surface area contributed by atoms with E-state index >= 15 is 0 Å². The first kappa shape index (κ1) is 11.5. The summed E-state index contributed by atoms with van der Waals surface area (Å²) in [4.78, 5) is 0. The van der Waals surface area contributed by atoms with Crippen LogP contribution in [0.25, 0.3) is 0 Å². The van der Waals surface area contributed by atoms with Crippen LogP contribution in [0, 0.1) is 0 Å². The first-order valence-electron chi connectivity index (χ1n) is 8.23. The molecular weight excluding hydrogens is 248 g/mol. The summed E-state index contributed by atoms with van der Waals surface area (Å²) in [6.07, 6.45) is 8.62. The lowest BCUT2D eigenvalue weighted by Crippen LogP contribution is -2.41. The number of phenolic OH excluding ortho intramolecular Hbond substituents is 1. The number of hydrogen-bond acceptors (Lipinski definition) is 2. The summed E-state index contributed by atoms with van der Waals surface area (Å²) in [6, 6.07) is 2.05. The van der Waals surface area contributed by atoms with E-state index in [9.17, 15) is 5.11 Å². The fourth-order valence-corrected chi connectivity index (χ4v) is 5.52. The van der Waals surface area contributed by atoms with Crippen molar-refractivity contribution in [1.82, 2.24) is 0 Å². The minimum Gasteiger partial charge on any atom is -0.508 e. The summed E-state index contributed by atoms with van der Waals surface area (Å²) in [5, 5.41) is 10.5. The van der Waals surface area contributed by atoms with Crippen LogP contribution in [0.3, 0.4) is 0 Å². The Kier molecular flexibility index (Phi) is 2.02. The molecule has 1 aliphatic heterocycles. The molecular formula is C18H22O2. The topological polar surface area (TPSA) is 29.5 Å². The number of ether oxygens (including phenoxy) is 1. The molecule has 20 heavy (non-hydrogen) atoms. The molecule has 4 atom stereocenters. The second-order valence-corrected chi connectivity index (χ2v) is 7.69. The lowest BCUT2D eigenvalue weighted by atomic mass is 9.72. The molecule has 106 valence electrons. The Morgan fingerprint density at radius 3 is 2.80 bits per heavy atom. The molecule has 4 bridgehead atoms. The molecule has 2 nitrogen and oxygen atoms in total. The molecule has 1 aromatic carbocycles. The summed E-state index contributed by atoms with van der Waals surface area (Å²) in [7, 11) is 0. The van der Waals surface area contributed by atoms with Gasteiger partial charge in [-0.1, -0.05) is 0 Å². The third-order valence-corrected chi connectivity index (χ3v) is 6.34. The highest BCUT2D eigenvalue weighted by Crippen LogP contribution is 2.62. The third kappa shape index (κ3) is 1.30. The highest BCUT2D eigenvalue weighted by molar-refractivity contribution is 5.61. The van der Waals surface area contributed by atoms with Gasteiger partial charge in [-0.05, 0) is 75.7 Å². The van der Waals surface area contributed by atoms with E-state index in [1.807, 2.05) is 6.07 Å². The van der Waals surface area contributed by atoms with Crippen molar-refractivity contribution < 1.29 is 9.84 Å². The molecule has 1 heterocycles. The maximum absolute atomic E-state index is 10.5. The molecule has 0 radical (unpaired) electrons. The zero-order chi connectivity index (χ0) is 13.5. The quantitative estimate of drug-likeness (QED) is 0.748. The van der Waals surface area contributed by atoms with E-state index in [1.165, 1.54) is 61.0 Å². The Labute approximate surface area is 120 Å². The van der Waals surface area contributed by atoms with Crippen molar-refractivity contribution in [3.63, 3.8) is 0 Å². The van der Waals surface area contributed by atoms with Crippen molar-refractivity contribution in [2.45, 2.75) is 75.2 Å². The van der Waals surface area contributed by atoms with Gasteiger partial charge in [0.2, 0.25) is 0 Å². The SMILES string of the molecule is CC12CCCC(C1)c1cc(O)c3c(c1O2)C1CCC3C1.